The van der Waals surface area contributed by atoms with Crippen LogP contribution >= 0.6 is 0 Å². The molecule has 0 radical (unpaired) electrons. The lowest BCUT2D eigenvalue weighted by Gasteiger charge is -2.30. The monoisotopic (exact) mass is 661 g/mol. The van der Waals surface area contributed by atoms with Gasteiger partial charge in [0.2, 0.25) is 5.88 Å². The predicted molar refractivity (Wildman–Crippen MR) is 163 cm³/mol. The van der Waals surface area contributed by atoms with Gasteiger partial charge in [-0.2, -0.15) is 23.1 Å². The number of fused-ring (bicyclic) bond motifs is 3. The number of nitrogens with zero attached hydrogens (tertiary/aromatic N) is 4. The summed E-state index contributed by atoms with van der Waals surface area (Å²) in [6.07, 6.45) is 1.23. The van der Waals surface area contributed by atoms with Gasteiger partial charge in [-0.25, -0.2) is 18.2 Å². The van der Waals surface area contributed by atoms with Gasteiger partial charge in [0.15, 0.2) is 5.82 Å². The first kappa shape index (κ1) is 31.3. The summed E-state index contributed by atoms with van der Waals surface area (Å²) in [5, 5.41) is 6.56. The third-order valence-electron chi connectivity index (χ3n) is 9.35. The number of nitrogens with two attached hydrogens (primary N) is 1. The number of nitrogen functional groups attached to an aromatic ring is 1. The lowest BCUT2D eigenvalue weighted by atomic mass is 9.95. The van der Waals surface area contributed by atoms with Gasteiger partial charge in [0.05, 0.1) is 22.8 Å². The molecule has 47 heavy (non-hydrogen) atoms. The fraction of sp³-hybridized carbons (Fsp3) is 0.469. The number of ether oxygens (including phenoxy) is 2. The molecule has 3 aromatic rings. The molecule has 7 rings (SSSR count). The van der Waals surface area contributed by atoms with Crippen molar-refractivity contribution >= 4 is 22.4 Å². The van der Waals surface area contributed by atoms with Crippen molar-refractivity contribution in [2.45, 2.75) is 69.6 Å². The van der Waals surface area contributed by atoms with E-state index >= 15 is 4.39 Å². The molecule has 250 valence electrons. The Hall–Kier alpha value is -4.27. The zero-order valence-electron chi connectivity index (χ0n) is 25.6. The minimum atomic E-state index is -5.08. The predicted octanol–water partition coefficient (Wildman–Crippen LogP) is 5.83. The number of halogens is 6. The molecule has 15 heteroatoms. The van der Waals surface area contributed by atoms with E-state index in [1.165, 1.54) is 0 Å². The summed E-state index contributed by atoms with van der Waals surface area (Å²) < 4.78 is 101. The van der Waals surface area contributed by atoms with Gasteiger partial charge in [0.1, 0.15) is 47.1 Å². The Balaban J connectivity index is 1.42. The lowest BCUT2D eigenvalue weighted by molar-refractivity contribution is -0.137. The molecule has 0 saturated carbocycles. The molecule has 2 fully saturated rings. The minimum Gasteiger partial charge on any atom is -0.474 e. The van der Waals surface area contributed by atoms with Crippen molar-refractivity contribution < 1.29 is 35.8 Å². The number of allylic oxidation sites excluding steroid dienone is 2. The number of hydrogen-bond donors (Lipinski definition) is 3. The van der Waals surface area contributed by atoms with E-state index in [2.05, 4.69) is 25.6 Å². The van der Waals surface area contributed by atoms with Crippen LogP contribution in [0.5, 0.6) is 11.9 Å². The highest BCUT2D eigenvalue weighted by atomic mass is 19.4. The standard InChI is InChI=1S/C32H33F6N7O2/c1-15-9-18-5-3-6-19(41-18)12-40-28-22-27(43-30(44-28)46-14-31-7-4-8-45(31)13-17(33)11-31)25(35)26(42-29(22)47-15)20-10-21(39)24(34)16(2)23(20)32(36,37)38/h3,5-6,10,15,17,19,41H,4,7-9,11-14,39H2,1-2H3,(H,40,43,44)/t15-,17+,19?,31?/m0/s1. The maximum absolute atomic E-state index is 16.7. The summed E-state index contributed by atoms with van der Waals surface area (Å²) in [5.41, 5.74) is 1.24. The normalized spacial score (nSPS) is 25.8. The van der Waals surface area contributed by atoms with Crippen LogP contribution in [0.3, 0.4) is 0 Å². The maximum Gasteiger partial charge on any atom is 0.417 e. The van der Waals surface area contributed by atoms with Crippen LogP contribution in [-0.4, -0.2) is 69.9 Å². The fourth-order valence-corrected chi connectivity index (χ4v) is 7.23. The molecule has 4 atom stereocenters. The second-order valence-electron chi connectivity index (χ2n) is 12.7. The number of hydrogen-bond acceptors (Lipinski definition) is 9. The van der Waals surface area contributed by atoms with Crippen molar-refractivity contribution in [1.82, 2.24) is 25.2 Å². The number of dihydropyridines is 1. The average Bonchev–Trinajstić information content (AvgIpc) is 3.53. The largest absolute Gasteiger partial charge is 0.474 e. The van der Waals surface area contributed by atoms with E-state index in [4.69, 9.17) is 15.2 Å². The first-order valence-corrected chi connectivity index (χ1v) is 15.5. The minimum absolute atomic E-state index is 0.00874. The number of alkyl halides is 4. The quantitative estimate of drug-likeness (QED) is 0.235. The van der Waals surface area contributed by atoms with Gasteiger partial charge in [-0.05, 0) is 50.9 Å². The number of rotatable bonds is 4. The molecule has 2 unspecified atom stereocenters. The van der Waals surface area contributed by atoms with Crippen molar-refractivity contribution in [3.63, 3.8) is 0 Å². The number of anilines is 2. The van der Waals surface area contributed by atoms with Crippen LogP contribution in [0.2, 0.25) is 0 Å². The molecule has 6 heterocycles. The Morgan fingerprint density at radius 3 is 2.79 bits per heavy atom. The third kappa shape index (κ3) is 5.57. The smallest absolute Gasteiger partial charge is 0.417 e. The van der Waals surface area contributed by atoms with Crippen molar-refractivity contribution in [3.05, 3.63) is 52.8 Å². The molecular formula is C32H33F6N7O2. The van der Waals surface area contributed by atoms with E-state index < -0.39 is 69.2 Å². The summed E-state index contributed by atoms with van der Waals surface area (Å²) in [7, 11) is 0. The molecule has 2 saturated heterocycles. The molecule has 4 aliphatic heterocycles. The summed E-state index contributed by atoms with van der Waals surface area (Å²) in [6, 6.07) is 0.277. The Morgan fingerprint density at radius 1 is 1.19 bits per heavy atom. The Kier molecular flexibility index (Phi) is 7.64. The van der Waals surface area contributed by atoms with E-state index in [1.54, 1.807) is 6.92 Å². The van der Waals surface area contributed by atoms with Crippen molar-refractivity contribution in [2.75, 3.05) is 37.3 Å². The first-order valence-electron chi connectivity index (χ1n) is 15.5. The Labute approximate surface area is 266 Å². The summed E-state index contributed by atoms with van der Waals surface area (Å²) in [5.74, 6) is -2.64. The van der Waals surface area contributed by atoms with Crippen molar-refractivity contribution in [3.8, 4) is 23.1 Å². The van der Waals surface area contributed by atoms with E-state index in [9.17, 15) is 22.0 Å². The van der Waals surface area contributed by atoms with Gasteiger partial charge >= 0.3 is 12.2 Å². The number of aromatic nitrogens is 3. The Morgan fingerprint density at radius 2 is 2.00 bits per heavy atom. The maximum atomic E-state index is 16.7. The van der Waals surface area contributed by atoms with Crippen LogP contribution in [0.4, 0.5) is 37.8 Å². The molecule has 0 aliphatic carbocycles. The average molecular weight is 662 g/mol. The Bertz CT molecular complexity index is 1820. The van der Waals surface area contributed by atoms with E-state index in [-0.39, 0.29) is 55.3 Å². The van der Waals surface area contributed by atoms with E-state index in [0.717, 1.165) is 25.6 Å². The summed E-state index contributed by atoms with van der Waals surface area (Å²) in [4.78, 5) is 15.2. The van der Waals surface area contributed by atoms with Gasteiger partial charge in [-0.3, -0.25) is 4.90 Å². The summed E-state index contributed by atoms with van der Waals surface area (Å²) >= 11 is 0. The lowest BCUT2D eigenvalue weighted by Crippen LogP contribution is -2.43. The van der Waals surface area contributed by atoms with Gasteiger partial charge in [-0.1, -0.05) is 12.2 Å². The topological polar surface area (TPSA) is 110 Å². The number of benzene rings is 1. The number of pyridine rings is 1. The molecule has 2 bridgehead atoms. The van der Waals surface area contributed by atoms with Gasteiger partial charge in [0.25, 0.3) is 0 Å². The molecular weight excluding hydrogens is 628 g/mol. The first-order chi connectivity index (χ1) is 22.3. The van der Waals surface area contributed by atoms with Crippen molar-refractivity contribution in [1.29, 1.82) is 0 Å². The van der Waals surface area contributed by atoms with Crippen LogP contribution in [0.15, 0.2) is 30.0 Å². The number of nitrogens with one attached hydrogen (secondary N) is 2. The molecule has 4 N–H and O–H groups in total. The zero-order valence-corrected chi connectivity index (χ0v) is 25.6. The third-order valence-corrected chi connectivity index (χ3v) is 9.35. The van der Waals surface area contributed by atoms with Crippen LogP contribution in [0.1, 0.15) is 43.7 Å². The van der Waals surface area contributed by atoms with Gasteiger partial charge < -0.3 is 25.8 Å². The SMILES string of the molecule is Cc1c(F)c(N)cc(-c2nc3c4c(nc(OCC56CCCN5C[C@H](F)C6)nc4c2F)NCC2C=CC=C(C[C@H](C)O3)N2)c1C(F)(F)F. The van der Waals surface area contributed by atoms with E-state index in [1.807, 2.05) is 23.1 Å². The van der Waals surface area contributed by atoms with Crippen molar-refractivity contribution in [2.24, 2.45) is 0 Å². The van der Waals surface area contributed by atoms with Crippen LogP contribution in [0, 0.1) is 18.6 Å². The van der Waals surface area contributed by atoms with Gasteiger partial charge in [-0.15, -0.1) is 0 Å². The summed E-state index contributed by atoms with van der Waals surface area (Å²) in [6.45, 7) is 3.99. The highest BCUT2D eigenvalue weighted by Gasteiger charge is 2.49. The van der Waals surface area contributed by atoms with Crippen LogP contribution in [0.25, 0.3) is 22.2 Å². The molecule has 4 aliphatic rings. The highest BCUT2D eigenvalue weighted by molar-refractivity contribution is 5.96. The van der Waals surface area contributed by atoms with Gasteiger partial charge in [0, 0.05) is 37.2 Å². The zero-order chi connectivity index (χ0) is 33.2. The molecule has 9 nitrogen and oxygen atoms in total. The highest BCUT2D eigenvalue weighted by Crippen LogP contribution is 2.45. The van der Waals surface area contributed by atoms with E-state index in [0.29, 0.717) is 18.9 Å². The second-order valence-corrected chi connectivity index (χ2v) is 12.7. The van der Waals surface area contributed by atoms with Crippen LogP contribution < -0.4 is 25.8 Å². The fourth-order valence-electron chi connectivity index (χ4n) is 7.23. The molecule has 0 amide bonds. The molecule has 1 aromatic carbocycles. The molecule has 2 aromatic heterocycles. The van der Waals surface area contributed by atoms with Crippen LogP contribution in [-0.2, 0) is 6.18 Å². The molecule has 0 spiro atoms. The second kappa shape index (κ2) is 11.5.